The first-order chi connectivity index (χ1) is 17.1. The summed E-state index contributed by atoms with van der Waals surface area (Å²) in [6.45, 7) is 2.34. The molecular weight excluding hydrogens is 499 g/mol. The van der Waals surface area contributed by atoms with E-state index >= 15 is 0 Å². The number of halogens is 4. The molecule has 0 bridgehead atoms. The number of aromatic nitrogens is 3. The Labute approximate surface area is 209 Å². The second kappa shape index (κ2) is 9.30. The Balaban J connectivity index is 1.36. The van der Waals surface area contributed by atoms with Crippen molar-refractivity contribution in [2.24, 2.45) is 5.92 Å². The van der Waals surface area contributed by atoms with Gasteiger partial charge in [0.1, 0.15) is 16.8 Å². The molecule has 5 rings (SSSR count). The highest BCUT2D eigenvalue weighted by atomic mass is 35.5. The summed E-state index contributed by atoms with van der Waals surface area (Å²) in [6.07, 6.45) is 0.837. The molecule has 2 fully saturated rings. The van der Waals surface area contributed by atoms with Gasteiger partial charge < -0.3 is 20.1 Å². The maximum absolute atomic E-state index is 13.1. The van der Waals surface area contributed by atoms with Gasteiger partial charge in [0.2, 0.25) is 0 Å². The second-order valence-electron chi connectivity index (χ2n) is 8.67. The van der Waals surface area contributed by atoms with Crippen molar-refractivity contribution in [3.05, 3.63) is 70.8 Å². The molecule has 8 nitrogen and oxygen atoms in total. The van der Waals surface area contributed by atoms with E-state index in [0.717, 1.165) is 25.1 Å². The average molecular weight is 520 g/mol. The summed E-state index contributed by atoms with van der Waals surface area (Å²) in [5.41, 5.74) is 0.391. The first-order valence-electron chi connectivity index (χ1n) is 11.2. The molecule has 0 unspecified atom stereocenters. The third-order valence-corrected chi connectivity index (χ3v) is 6.09. The van der Waals surface area contributed by atoms with E-state index < -0.39 is 23.4 Å². The summed E-state index contributed by atoms with van der Waals surface area (Å²) >= 11 is 6.18. The van der Waals surface area contributed by atoms with Gasteiger partial charge in [0, 0.05) is 29.4 Å². The molecule has 1 saturated carbocycles. The third-order valence-electron chi connectivity index (χ3n) is 5.89. The number of amides is 1. The molecule has 0 radical (unpaired) electrons. The highest BCUT2D eigenvalue weighted by molar-refractivity contribution is 6.29. The maximum atomic E-state index is 13.1. The van der Waals surface area contributed by atoms with Gasteiger partial charge in [-0.25, -0.2) is 15.0 Å². The van der Waals surface area contributed by atoms with E-state index in [1.807, 2.05) is 6.92 Å². The summed E-state index contributed by atoms with van der Waals surface area (Å²) in [5.74, 6) is -0.940. The smallest absolute Gasteiger partial charge is 0.343 e. The van der Waals surface area contributed by atoms with Crippen LogP contribution in [0.15, 0.2) is 48.9 Å². The van der Waals surface area contributed by atoms with Crippen molar-refractivity contribution in [2.75, 3.05) is 17.2 Å². The Morgan fingerprint density at radius 2 is 1.92 bits per heavy atom. The van der Waals surface area contributed by atoms with Gasteiger partial charge in [0.15, 0.2) is 5.79 Å². The predicted molar refractivity (Wildman–Crippen MR) is 125 cm³/mol. The number of ether oxygens (including phenoxy) is 2. The highest BCUT2D eigenvalue weighted by Gasteiger charge is 2.54. The Morgan fingerprint density at radius 1 is 1.11 bits per heavy atom. The lowest BCUT2D eigenvalue weighted by Gasteiger charge is -2.30. The average Bonchev–Trinajstić information content (AvgIpc) is 3.62. The maximum Gasteiger partial charge on any atom is 0.417 e. The first kappa shape index (κ1) is 24.4. The monoisotopic (exact) mass is 519 g/mol. The molecule has 1 aliphatic heterocycles. The van der Waals surface area contributed by atoms with Crippen LogP contribution in [0, 0.1) is 5.92 Å². The first-order valence-corrected chi connectivity index (χ1v) is 11.6. The number of carbonyl (C=O) groups excluding carboxylic acids is 1. The van der Waals surface area contributed by atoms with Crippen molar-refractivity contribution < 1.29 is 27.4 Å². The lowest BCUT2D eigenvalue weighted by atomic mass is 10.00. The molecule has 1 amide bonds. The summed E-state index contributed by atoms with van der Waals surface area (Å²) < 4.78 is 50.6. The van der Waals surface area contributed by atoms with Crippen molar-refractivity contribution in [1.29, 1.82) is 0 Å². The summed E-state index contributed by atoms with van der Waals surface area (Å²) in [5, 5.41) is 5.90. The van der Waals surface area contributed by atoms with E-state index in [1.165, 1.54) is 30.6 Å². The van der Waals surface area contributed by atoms with Gasteiger partial charge >= 0.3 is 6.18 Å². The van der Waals surface area contributed by atoms with Gasteiger partial charge in [-0.2, -0.15) is 13.2 Å². The van der Waals surface area contributed by atoms with E-state index in [1.54, 1.807) is 6.07 Å². The van der Waals surface area contributed by atoms with Crippen molar-refractivity contribution in [3.8, 4) is 0 Å². The number of rotatable bonds is 6. The van der Waals surface area contributed by atoms with Gasteiger partial charge in [0.25, 0.3) is 5.91 Å². The Hall–Kier alpha value is -3.28. The molecule has 3 aromatic rings. The topological polar surface area (TPSA) is 98.3 Å². The van der Waals surface area contributed by atoms with E-state index in [2.05, 4.69) is 25.6 Å². The minimum atomic E-state index is -4.48. The number of nitrogens with one attached hydrogen (secondary N) is 2. The molecule has 36 heavy (non-hydrogen) atoms. The molecule has 2 N–H and O–H groups in total. The molecule has 2 aliphatic rings. The number of hydrogen-bond acceptors (Lipinski definition) is 7. The standard InChI is InChI=1S/C24H21ClF3N5O3/c1-13-12-35-23(36-13,15-2-3-15)17-9-19(25)30-11-18(17)32-22(34)14-6-7-29-21(8-14)33-20-5-4-16(10-31-20)24(26,27)28/h4-11,13,15H,2-3,12H2,1H3,(H,32,34)(H,29,31,33)/t13-,23-/m1/s1. The Morgan fingerprint density at radius 3 is 2.56 bits per heavy atom. The van der Waals surface area contributed by atoms with Crippen LogP contribution >= 0.6 is 11.6 Å². The zero-order valence-corrected chi connectivity index (χ0v) is 19.7. The SMILES string of the molecule is C[C@@H]1CO[C@](c2cc(Cl)ncc2NC(=O)c2ccnc(Nc3ccc(C(F)(F)F)cn3)c2)(C2CC2)O1. The molecule has 188 valence electrons. The predicted octanol–water partition coefficient (Wildman–Crippen LogP) is 5.54. The van der Waals surface area contributed by atoms with Gasteiger partial charge in [-0.15, -0.1) is 0 Å². The van der Waals surface area contributed by atoms with Crippen LogP contribution in [0.4, 0.5) is 30.5 Å². The van der Waals surface area contributed by atoms with Crippen molar-refractivity contribution in [3.63, 3.8) is 0 Å². The minimum Gasteiger partial charge on any atom is -0.343 e. The lowest BCUT2D eigenvalue weighted by Crippen LogP contribution is -2.32. The fourth-order valence-corrected chi connectivity index (χ4v) is 4.22. The number of hydrogen-bond donors (Lipinski definition) is 2. The van der Waals surface area contributed by atoms with Gasteiger partial charge in [-0.3, -0.25) is 4.79 Å². The quantitative estimate of drug-likeness (QED) is 0.413. The van der Waals surface area contributed by atoms with E-state index in [4.69, 9.17) is 21.1 Å². The van der Waals surface area contributed by atoms with Gasteiger partial charge in [0.05, 0.1) is 30.2 Å². The van der Waals surface area contributed by atoms with Crippen LogP contribution in [0.25, 0.3) is 0 Å². The molecule has 0 spiro atoms. The Kier molecular flexibility index (Phi) is 6.31. The van der Waals surface area contributed by atoms with Crippen LogP contribution in [0.1, 0.15) is 41.3 Å². The van der Waals surface area contributed by atoms with Crippen LogP contribution in [-0.2, 0) is 21.4 Å². The molecule has 4 heterocycles. The van der Waals surface area contributed by atoms with Gasteiger partial charge in [-0.05, 0) is 50.1 Å². The zero-order chi connectivity index (χ0) is 25.5. The van der Waals surface area contributed by atoms with Crippen LogP contribution in [0.3, 0.4) is 0 Å². The fraction of sp³-hybridized carbons (Fsp3) is 0.333. The van der Waals surface area contributed by atoms with Crippen molar-refractivity contribution in [1.82, 2.24) is 15.0 Å². The van der Waals surface area contributed by atoms with E-state index in [-0.39, 0.29) is 34.4 Å². The second-order valence-corrected chi connectivity index (χ2v) is 9.06. The van der Waals surface area contributed by atoms with Gasteiger partial charge in [-0.1, -0.05) is 11.6 Å². The number of carbonyl (C=O) groups is 1. The molecule has 0 aromatic carbocycles. The molecule has 12 heteroatoms. The van der Waals surface area contributed by atoms with Crippen LogP contribution in [-0.4, -0.2) is 33.6 Å². The number of anilines is 3. The third kappa shape index (κ3) is 4.99. The lowest BCUT2D eigenvalue weighted by molar-refractivity contribution is -0.190. The fourth-order valence-electron chi connectivity index (χ4n) is 4.07. The van der Waals surface area contributed by atoms with E-state index in [9.17, 15) is 18.0 Å². The van der Waals surface area contributed by atoms with Crippen LogP contribution < -0.4 is 10.6 Å². The highest BCUT2D eigenvalue weighted by Crippen LogP contribution is 2.54. The number of alkyl halides is 3. The normalized spacial score (nSPS) is 21.9. The molecule has 2 atom stereocenters. The van der Waals surface area contributed by atoms with Crippen LogP contribution in [0.5, 0.6) is 0 Å². The molecule has 1 aliphatic carbocycles. The Bertz CT molecular complexity index is 1290. The summed E-state index contributed by atoms with van der Waals surface area (Å²) in [4.78, 5) is 25.1. The zero-order valence-electron chi connectivity index (χ0n) is 19.0. The van der Waals surface area contributed by atoms with Crippen LogP contribution in [0.2, 0.25) is 5.15 Å². The summed E-state index contributed by atoms with van der Waals surface area (Å²) in [7, 11) is 0. The number of nitrogens with zero attached hydrogens (tertiary/aromatic N) is 3. The molecule has 3 aromatic heterocycles. The summed E-state index contributed by atoms with van der Waals surface area (Å²) in [6, 6.07) is 6.70. The minimum absolute atomic E-state index is 0.117. The molecular formula is C24H21ClF3N5O3. The largest absolute Gasteiger partial charge is 0.417 e. The van der Waals surface area contributed by atoms with Crippen molar-refractivity contribution >= 4 is 34.8 Å². The van der Waals surface area contributed by atoms with E-state index in [0.29, 0.717) is 17.9 Å². The van der Waals surface area contributed by atoms with Crippen molar-refractivity contribution in [2.45, 2.75) is 37.8 Å². The molecule has 1 saturated heterocycles. The number of pyridine rings is 3.